The zero-order valence-electron chi connectivity index (χ0n) is 6.53. The van der Waals surface area contributed by atoms with E-state index >= 15 is 0 Å². The van der Waals surface area contributed by atoms with Crippen LogP contribution in [0.1, 0.15) is 12.7 Å². The third-order valence-electron chi connectivity index (χ3n) is 1.22. The summed E-state index contributed by atoms with van der Waals surface area (Å²) in [6.45, 7) is 3.39. The first-order valence-corrected chi connectivity index (χ1v) is 3.62. The van der Waals surface area contributed by atoms with Crippen LogP contribution >= 0.6 is 0 Å². The summed E-state index contributed by atoms with van der Waals surface area (Å²) < 4.78 is 5.14. The van der Waals surface area contributed by atoms with Gasteiger partial charge in [0.15, 0.2) is 0 Å². The molecular formula is C7H11N3O. The zero-order valence-corrected chi connectivity index (χ0v) is 6.53. The first-order valence-electron chi connectivity index (χ1n) is 3.62. The fourth-order valence-electron chi connectivity index (χ4n) is 0.700. The second-order valence-electron chi connectivity index (χ2n) is 2.00. The van der Waals surface area contributed by atoms with Crippen LogP contribution in [0.3, 0.4) is 0 Å². The van der Waals surface area contributed by atoms with E-state index < -0.39 is 0 Å². The summed E-state index contributed by atoms with van der Waals surface area (Å²) in [6.07, 6.45) is 3.75. The maximum absolute atomic E-state index is 5.14. The van der Waals surface area contributed by atoms with Crippen LogP contribution in [0.2, 0.25) is 0 Å². The van der Waals surface area contributed by atoms with Crippen molar-refractivity contribution >= 4 is 0 Å². The molecule has 0 saturated carbocycles. The molecule has 0 aliphatic heterocycles. The van der Waals surface area contributed by atoms with Gasteiger partial charge in [-0.1, -0.05) is 0 Å². The predicted molar refractivity (Wildman–Crippen MR) is 40.0 cm³/mol. The molecule has 1 rings (SSSR count). The first kappa shape index (κ1) is 8.07. The molecule has 0 atom stereocenters. The van der Waals surface area contributed by atoms with Gasteiger partial charge in [-0.05, 0) is 6.92 Å². The van der Waals surface area contributed by atoms with Crippen molar-refractivity contribution < 1.29 is 4.74 Å². The van der Waals surface area contributed by atoms with Gasteiger partial charge in [0, 0.05) is 13.0 Å². The Kier molecular flexibility index (Phi) is 3.47. The summed E-state index contributed by atoms with van der Waals surface area (Å²) in [7, 11) is 0. The fourth-order valence-corrected chi connectivity index (χ4v) is 0.700. The molecule has 60 valence electrons. The molecule has 4 nitrogen and oxygen atoms in total. The quantitative estimate of drug-likeness (QED) is 0.589. The van der Waals surface area contributed by atoms with Gasteiger partial charge in [-0.2, -0.15) is 0 Å². The minimum absolute atomic E-state index is 0.681. The lowest BCUT2D eigenvalue weighted by molar-refractivity contribution is 0.149. The minimum atomic E-state index is 0.681. The highest BCUT2D eigenvalue weighted by Gasteiger charge is 1.92. The molecule has 0 aliphatic rings. The van der Waals surface area contributed by atoms with Crippen molar-refractivity contribution in [3.05, 3.63) is 18.5 Å². The monoisotopic (exact) mass is 153 g/mol. The molecule has 0 aromatic carbocycles. The second kappa shape index (κ2) is 4.73. The van der Waals surface area contributed by atoms with Crippen LogP contribution in [0.4, 0.5) is 0 Å². The van der Waals surface area contributed by atoms with E-state index in [4.69, 9.17) is 4.74 Å². The molecule has 0 radical (unpaired) electrons. The molecule has 0 bridgehead atoms. The van der Waals surface area contributed by atoms with E-state index in [-0.39, 0.29) is 0 Å². The van der Waals surface area contributed by atoms with E-state index in [1.54, 1.807) is 0 Å². The molecule has 0 aliphatic carbocycles. The minimum Gasteiger partial charge on any atom is -0.381 e. The van der Waals surface area contributed by atoms with E-state index in [0.29, 0.717) is 6.61 Å². The largest absolute Gasteiger partial charge is 0.381 e. The standard InChI is InChI=1S/C7H11N3O/c1-2-11-4-3-7-9-5-8-6-10-7/h5-6H,2-4H2,1H3. The third kappa shape index (κ3) is 3.04. The number of hydrogen-bond donors (Lipinski definition) is 0. The SMILES string of the molecule is CCOCCc1ncncn1. The van der Waals surface area contributed by atoms with Crippen LogP contribution in [0.5, 0.6) is 0 Å². The summed E-state index contributed by atoms with van der Waals surface area (Å²) in [6, 6.07) is 0. The molecular weight excluding hydrogens is 142 g/mol. The van der Waals surface area contributed by atoms with Gasteiger partial charge in [-0.15, -0.1) is 0 Å². The van der Waals surface area contributed by atoms with E-state index in [1.807, 2.05) is 6.92 Å². The lowest BCUT2D eigenvalue weighted by Crippen LogP contribution is -2.02. The Bertz CT molecular complexity index is 190. The maximum atomic E-state index is 5.14. The zero-order chi connectivity index (χ0) is 7.94. The van der Waals surface area contributed by atoms with Crippen molar-refractivity contribution in [2.45, 2.75) is 13.3 Å². The fraction of sp³-hybridized carbons (Fsp3) is 0.571. The topological polar surface area (TPSA) is 47.9 Å². The highest BCUT2D eigenvalue weighted by atomic mass is 16.5. The Morgan fingerprint density at radius 2 is 2.09 bits per heavy atom. The van der Waals surface area contributed by atoms with Gasteiger partial charge < -0.3 is 4.74 Å². The molecule has 11 heavy (non-hydrogen) atoms. The van der Waals surface area contributed by atoms with Gasteiger partial charge in [0.2, 0.25) is 0 Å². The average molecular weight is 153 g/mol. The molecule has 0 amide bonds. The van der Waals surface area contributed by atoms with Gasteiger partial charge in [-0.3, -0.25) is 0 Å². The lowest BCUT2D eigenvalue weighted by Gasteiger charge is -1.97. The van der Waals surface area contributed by atoms with Crippen molar-refractivity contribution in [1.29, 1.82) is 0 Å². The number of rotatable bonds is 4. The molecule has 0 unspecified atom stereocenters. The van der Waals surface area contributed by atoms with Gasteiger partial charge in [0.05, 0.1) is 6.61 Å². The van der Waals surface area contributed by atoms with E-state index in [2.05, 4.69) is 15.0 Å². The molecule has 0 N–H and O–H groups in total. The third-order valence-corrected chi connectivity index (χ3v) is 1.22. The molecule has 1 aromatic rings. The van der Waals surface area contributed by atoms with E-state index in [9.17, 15) is 0 Å². The Morgan fingerprint density at radius 3 is 2.73 bits per heavy atom. The van der Waals surface area contributed by atoms with Crippen LogP contribution in [0.25, 0.3) is 0 Å². The average Bonchev–Trinajstić information content (AvgIpc) is 2.07. The molecule has 4 heteroatoms. The first-order chi connectivity index (χ1) is 5.43. The van der Waals surface area contributed by atoms with Crippen LogP contribution in [-0.2, 0) is 11.2 Å². The number of aromatic nitrogens is 3. The Balaban J connectivity index is 2.28. The molecule has 1 aromatic heterocycles. The highest BCUT2D eigenvalue weighted by molar-refractivity contribution is 4.80. The lowest BCUT2D eigenvalue weighted by atomic mass is 10.4. The van der Waals surface area contributed by atoms with Crippen LogP contribution in [0.15, 0.2) is 12.7 Å². The Hall–Kier alpha value is -1.03. The van der Waals surface area contributed by atoms with Crippen molar-refractivity contribution in [3.8, 4) is 0 Å². The summed E-state index contributed by atoms with van der Waals surface area (Å²) >= 11 is 0. The van der Waals surface area contributed by atoms with Crippen molar-refractivity contribution in [2.24, 2.45) is 0 Å². The normalized spacial score (nSPS) is 9.91. The van der Waals surface area contributed by atoms with Crippen molar-refractivity contribution in [2.75, 3.05) is 13.2 Å². The van der Waals surface area contributed by atoms with Gasteiger partial charge in [0.1, 0.15) is 18.5 Å². The summed E-state index contributed by atoms with van der Waals surface area (Å²) in [5.41, 5.74) is 0. The Morgan fingerprint density at radius 1 is 1.36 bits per heavy atom. The number of nitrogens with zero attached hydrogens (tertiary/aromatic N) is 3. The highest BCUT2D eigenvalue weighted by Crippen LogP contribution is 1.87. The summed E-state index contributed by atoms with van der Waals surface area (Å²) in [5.74, 6) is 0.786. The maximum Gasteiger partial charge on any atom is 0.134 e. The molecule has 0 fully saturated rings. The Labute approximate surface area is 65.7 Å². The molecule has 1 heterocycles. The smallest absolute Gasteiger partial charge is 0.134 e. The predicted octanol–water partition coefficient (Wildman–Crippen LogP) is 0.451. The summed E-state index contributed by atoms with van der Waals surface area (Å²) in [4.78, 5) is 11.6. The molecule has 0 saturated heterocycles. The van der Waals surface area contributed by atoms with Gasteiger partial charge in [-0.25, -0.2) is 15.0 Å². The van der Waals surface area contributed by atoms with Crippen LogP contribution < -0.4 is 0 Å². The number of hydrogen-bond acceptors (Lipinski definition) is 4. The van der Waals surface area contributed by atoms with E-state index in [1.165, 1.54) is 12.7 Å². The van der Waals surface area contributed by atoms with E-state index in [0.717, 1.165) is 18.9 Å². The van der Waals surface area contributed by atoms with Crippen LogP contribution in [-0.4, -0.2) is 28.2 Å². The second-order valence-corrected chi connectivity index (χ2v) is 2.00. The van der Waals surface area contributed by atoms with Gasteiger partial charge in [0.25, 0.3) is 0 Å². The molecule has 0 spiro atoms. The number of ether oxygens (including phenoxy) is 1. The van der Waals surface area contributed by atoms with Crippen LogP contribution in [0, 0.1) is 0 Å². The summed E-state index contributed by atoms with van der Waals surface area (Å²) in [5, 5.41) is 0. The van der Waals surface area contributed by atoms with Gasteiger partial charge >= 0.3 is 0 Å². The van der Waals surface area contributed by atoms with Crippen molar-refractivity contribution in [3.63, 3.8) is 0 Å². The van der Waals surface area contributed by atoms with Crippen molar-refractivity contribution in [1.82, 2.24) is 15.0 Å².